The zero-order valence-corrected chi connectivity index (χ0v) is 10.4. The van der Waals surface area contributed by atoms with Crippen LogP contribution < -0.4 is 11.1 Å². The van der Waals surface area contributed by atoms with Gasteiger partial charge in [0.2, 0.25) is 0 Å². The summed E-state index contributed by atoms with van der Waals surface area (Å²) in [7, 11) is 0. The van der Waals surface area contributed by atoms with Gasteiger partial charge >= 0.3 is 0 Å². The van der Waals surface area contributed by atoms with Crippen molar-refractivity contribution in [2.75, 3.05) is 18.4 Å². The molecule has 0 aliphatic rings. The Morgan fingerprint density at radius 1 is 1.38 bits per heavy atom. The van der Waals surface area contributed by atoms with Gasteiger partial charge in [-0.2, -0.15) is 0 Å². The number of nitrogens with two attached hydrogens (primary N) is 1. The third kappa shape index (κ3) is 3.99. The van der Waals surface area contributed by atoms with E-state index in [-0.39, 0.29) is 5.82 Å². The van der Waals surface area contributed by atoms with Crippen molar-refractivity contribution in [1.82, 2.24) is 0 Å². The highest BCUT2D eigenvalue weighted by Gasteiger charge is 2.11. The fourth-order valence-electron chi connectivity index (χ4n) is 1.50. The predicted octanol–water partition coefficient (Wildman–Crippen LogP) is 3.12. The second kappa shape index (κ2) is 6.06. The Morgan fingerprint density at radius 2 is 2.06 bits per heavy atom. The number of hydrogen-bond acceptors (Lipinski definition) is 2. The van der Waals surface area contributed by atoms with Gasteiger partial charge in [-0.05, 0) is 36.6 Å². The van der Waals surface area contributed by atoms with Crippen molar-refractivity contribution in [3.63, 3.8) is 0 Å². The lowest BCUT2D eigenvalue weighted by Crippen LogP contribution is -2.27. The minimum atomic E-state index is -0.330. The van der Waals surface area contributed by atoms with Crippen LogP contribution in [-0.4, -0.2) is 13.1 Å². The summed E-state index contributed by atoms with van der Waals surface area (Å²) >= 11 is 5.76. The van der Waals surface area contributed by atoms with Crippen LogP contribution in [0.25, 0.3) is 0 Å². The number of anilines is 1. The van der Waals surface area contributed by atoms with Crippen LogP contribution in [0.3, 0.4) is 0 Å². The lowest BCUT2D eigenvalue weighted by atomic mass is 9.96. The zero-order valence-electron chi connectivity index (χ0n) is 9.63. The van der Waals surface area contributed by atoms with Gasteiger partial charge in [0.1, 0.15) is 5.82 Å². The van der Waals surface area contributed by atoms with E-state index in [9.17, 15) is 4.39 Å². The van der Waals surface area contributed by atoms with Crippen molar-refractivity contribution in [3.8, 4) is 0 Å². The van der Waals surface area contributed by atoms with Crippen molar-refractivity contribution in [3.05, 3.63) is 29.0 Å². The Kier molecular flexibility index (Phi) is 5.03. The molecule has 16 heavy (non-hydrogen) atoms. The van der Waals surface area contributed by atoms with Gasteiger partial charge < -0.3 is 11.1 Å². The molecule has 0 aliphatic carbocycles. The molecule has 0 saturated carbocycles. The summed E-state index contributed by atoms with van der Waals surface area (Å²) in [5.41, 5.74) is 6.36. The van der Waals surface area contributed by atoms with Gasteiger partial charge in [0.05, 0.1) is 0 Å². The second-order valence-electron chi connectivity index (χ2n) is 4.28. The fraction of sp³-hybridized carbons (Fsp3) is 0.500. The van der Waals surface area contributed by atoms with Crippen LogP contribution in [0.5, 0.6) is 0 Å². The maximum atomic E-state index is 13.0. The van der Waals surface area contributed by atoms with Crippen LogP contribution in [-0.2, 0) is 0 Å². The maximum absolute atomic E-state index is 13.0. The van der Waals surface area contributed by atoms with E-state index in [0.717, 1.165) is 6.54 Å². The monoisotopic (exact) mass is 244 g/mol. The second-order valence-corrected chi connectivity index (χ2v) is 4.72. The third-order valence-electron chi connectivity index (χ3n) is 2.68. The smallest absolute Gasteiger partial charge is 0.126 e. The van der Waals surface area contributed by atoms with Crippen molar-refractivity contribution in [2.45, 2.75) is 13.8 Å². The molecule has 1 rings (SSSR count). The first-order valence-electron chi connectivity index (χ1n) is 5.43. The standard InChI is InChI=1S/C12H18ClFN2/c1-8(2)9(6-15)7-16-12-4-10(13)3-11(14)5-12/h3-5,8-9,16H,6-7,15H2,1-2H3. The first-order chi connectivity index (χ1) is 7.52. The summed E-state index contributed by atoms with van der Waals surface area (Å²) in [6.45, 7) is 5.59. The zero-order chi connectivity index (χ0) is 12.1. The molecule has 0 aromatic heterocycles. The number of nitrogens with one attached hydrogen (secondary N) is 1. The van der Waals surface area contributed by atoms with Crippen molar-refractivity contribution in [1.29, 1.82) is 0 Å². The first-order valence-corrected chi connectivity index (χ1v) is 5.80. The minimum absolute atomic E-state index is 0.330. The topological polar surface area (TPSA) is 38.0 Å². The maximum Gasteiger partial charge on any atom is 0.126 e. The molecule has 0 fully saturated rings. The molecule has 4 heteroatoms. The lowest BCUT2D eigenvalue weighted by molar-refractivity contribution is 0.413. The van der Waals surface area contributed by atoms with E-state index in [1.165, 1.54) is 12.1 Å². The molecular weight excluding hydrogens is 227 g/mol. The van der Waals surface area contributed by atoms with E-state index < -0.39 is 0 Å². The molecule has 1 aromatic carbocycles. The summed E-state index contributed by atoms with van der Waals surface area (Å²) in [5.74, 6) is 0.549. The quantitative estimate of drug-likeness (QED) is 0.835. The molecule has 0 radical (unpaired) electrons. The Hall–Kier alpha value is -0.800. The number of halogens is 2. The molecular formula is C12H18ClFN2. The first kappa shape index (κ1) is 13.3. The molecule has 90 valence electrons. The van der Waals surface area contributed by atoms with Gasteiger partial charge in [-0.15, -0.1) is 0 Å². The van der Waals surface area contributed by atoms with E-state index in [2.05, 4.69) is 19.2 Å². The average Bonchev–Trinajstić information content (AvgIpc) is 2.16. The van der Waals surface area contributed by atoms with Gasteiger partial charge in [-0.25, -0.2) is 4.39 Å². The minimum Gasteiger partial charge on any atom is -0.385 e. The van der Waals surface area contributed by atoms with Crippen LogP contribution in [0, 0.1) is 17.7 Å². The molecule has 0 saturated heterocycles. The van der Waals surface area contributed by atoms with Crippen molar-refractivity contribution >= 4 is 17.3 Å². The highest BCUT2D eigenvalue weighted by molar-refractivity contribution is 6.30. The molecule has 2 nitrogen and oxygen atoms in total. The van der Waals surface area contributed by atoms with Crippen LogP contribution in [0.4, 0.5) is 10.1 Å². The Morgan fingerprint density at radius 3 is 2.56 bits per heavy atom. The van der Waals surface area contributed by atoms with Gasteiger partial charge in [-0.1, -0.05) is 25.4 Å². The van der Waals surface area contributed by atoms with Crippen molar-refractivity contribution in [2.24, 2.45) is 17.6 Å². The largest absolute Gasteiger partial charge is 0.385 e. The molecule has 1 atom stereocenters. The summed E-state index contributed by atoms with van der Waals surface area (Å²) in [6, 6.07) is 4.42. The van der Waals surface area contributed by atoms with E-state index in [1.807, 2.05) is 0 Å². The van der Waals surface area contributed by atoms with Crippen LogP contribution >= 0.6 is 11.6 Å². The molecule has 3 N–H and O–H groups in total. The Labute approximate surface area is 101 Å². The average molecular weight is 245 g/mol. The SMILES string of the molecule is CC(C)C(CN)CNc1cc(F)cc(Cl)c1. The summed E-state index contributed by atoms with van der Waals surface area (Å²) in [5, 5.41) is 3.55. The number of rotatable bonds is 5. The Balaban J connectivity index is 2.60. The lowest BCUT2D eigenvalue weighted by Gasteiger charge is -2.20. The predicted molar refractivity (Wildman–Crippen MR) is 67.3 cm³/mol. The third-order valence-corrected chi connectivity index (χ3v) is 2.89. The molecule has 0 spiro atoms. The normalized spacial score (nSPS) is 12.9. The highest BCUT2D eigenvalue weighted by atomic mass is 35.5. The van der Waals surface area contributed by atoms with Crippen LogP contribution in [0.1, 0.15) is 13.8 Å². The van der Waals surface area contributed by atoms with Gasteiger partial charge in [0.25, 0.3) is 0 Å². The molecule has 0 bridgehead atoms. The van der Waals surface area contributed by atoms with Gasteiger partial charge in [0, 0.05) is 17.3 Å². The van der Waals surface area contributed by atoms with Gasteiger partial charge in [-0.3, -0.25) is 0 Å². The molecule has 1 unspecified atom stereocenters. The molecule has 0 aliphatic heterocycles. The van der Waals surface area contributed by atoms with E-state index in [1.54, 1.807) is 6.07 Å². The van der Waals surface area contributed by atoms with E-state index in [0.29, 0.717) is 29.1 Å². The van der Waals surface area contributed by atoms with E-state index >= 15 is 0 Å². The van der Waals surface area contributed by atoms with Crippen LogP contribution in [0.2, 0.25) is 5.02 Å². The summed E-state index contributed by atoms with van der Waals surface area (Å²) < 4.78 is 13.0. The van der Waals surface area contributed by atoms with E-state index in [4.69, 9.17) is 17.3 Å². The summed E-state index contributed by atoms with van der Waals surface area (Å²) in [6.07, 6.45) is 0. The number of benzene rings is 1. The summed E-state index contributed by atoms with van der Waals surface area (Å²) in [4.78, 5) is 0. The highest BCUT2D eigenvalue weighted by Crippen LogP contribution is 2.19. The fourth-order valence-corrected chi connectivity index (χ4v) is 1.72. The molecule has 0 heterocycles. The van der Waals surface area contributed by atoms with Crippen molar-refractivity contribution < 1.29 is 4.39 Å². The molecule has 0 amide bonds. The van der Waals surface area contributed by atoms with Crippen LogP contribution in [0.15, 0.2) is 18.2 Å². The molecule has 1 aromatic rings. The van der Waals surface area contributed by atoms with Gasteiger partial charge in [0.15, 0.2) is 0 Å². The Bertz CT molecular complexity index is 322. The number of hydrogen-bond donors (Lipinski definition) is 2.